The van der Waals surface area contributed by atoms with Gasteiger partial charge in [0.05, 0.1) is 12.7 Å². The number of ether oxygens (including phenoxy) is 1. The van der Waals surface area contributed by atoms with Gasteiger partial charge < -0.3 is 9.84 Å². The number of carbonyl (C=O) groups is 2. The fraction of sp³-hybridized carbons (Fsp3) is 0.500. The molecule has 0 bridgehead atoms. The van der Waals surface area contributed by atoms with Crippen LogP contribution in [0.15, 0.2) is 24.3 Å². The first-order valence-electron chi connectivity index (χ1n) is 6.95. The van der Waals surface area contributed by atoms with E-state index in [1.807, 2.05) is 11.9 Å². The zero-order valence-electron chi connectivity index (χ0n) is 13.0. The lowest BCUT2D eigenvalue weighted by molar-refractivity contribution is -0.147. The molecule has 21 heavy (non-hydrogen) atoms. The van der Waals surface area contributed by atoms with Crippen molar-refractivity contribution in [2.75, 3.05) is 14.2 Å². The highest BCUT2D eigenvalue weighted by Crippen LogP contribution is 2.15. The summed E-state index contributed by atoms with van der Waals surface area (Å²) < 4.78 is 4.86. The number of nitrogens with zero attached hydrogens (tertiary/aromatic N) is 1. The van der Waals surface area contributed by atoms with Crippen molar-refractivity contribution in [2.45, 2.75) is 32.9 Å². The number of hydrogen-bond acceptors (Lipinski definition) is 4. The Morgan fingerprint density at radius 2 is 1.81 bits per heavy atom. The molecule has 0 aliphatic heterocycles. The number of carboxylic acids is 1. The van der Waals surface area contributed by atoms with Gasteiger partial charge in [-0.05, 0) is 37.1 Å². The smallest absolute Gasteiger partial charge is 0.335 e. The minimum atomic E-state index is -0.942. The number of rotatable bonds is 7. The Morgan fingerprint density at radius 1 is 1.24 bits per heavy atom. The van der Waals surface area contributed by atoms with Gasteiger partial charge in [-0.1, -0.05) is 26.0 Å². The highest BCUT2D eigenvalue weighted by molar-refractivity contribution is 5.87. The topological polar surface area (TPSA) is 66.8 Å². The second-order valence-corrected chi connectivity index (χ2v) is 5.59. The number of methoxy groups -OCH3 is 1. The average molecular weight is 293 g/mol. The molecule has 0 aromatic heterocycles. The summed E-state index contributed by atoms with van der Waals surface area (Å²) in [5, 5.41) is 8.88. The first kappa shape index (κ1) is 17.2. The Hall–Kier alpha value is -1.88. The fourth-order valence-corrected chi connectivity index (χ4v) is 2.19. The van der Waals surface area contributed by atoms with E-state index in [-0.39, 0.29) is 17.6 Å². The van der Waals surface area contributed by atoms with Crippen LogP contribution in [-0.4, -0.2) is 42.1 Å². The molecular weight excluding hydrogens is 270 g/mol. The van der Waals surface area contributed by atoms with Crippen LogP contribution >= 0.6 is 0 Å². The van der Waals surface area contributed by atoms with Crippen LogP contribution in [0.2, 0.25) is 0 Å². The predicted octanol–water partition coefficient (Wildman–Crippen LogP) is 2.40. The molecule has 0 aliphatic rings. The van der Waals surface area contributed by atoms with Gasteiger partial charge in [0.15, 0.2) is 0 Å². The summed E-state index contributed by atoms with van der Waals surface area (Å²) in [4.78, 5) is 24.6. The van der Waals surface area contributed by atoms with E-state index >= 15 is 0 Å². The quantitative estimate of drug-likeness (QED) is 0.782. The monoisotopic (exact) mass is 293 g/mol. The largest absolute Gasteiger partial charge is 0.478 e. The van der Waals surface area contributed by atoms with Crippen molar-refractivity contribution in [1.82, 2.24) is 4.90 Å². The highest BCUT2D eigenvalue weighted by atomic mass is 16.5. The molecule has 0 radical (unpaired) electrons. The Kier molecular flexibility index (Phi) is 6.37. The maximum Gasteiger partial charge on any atom is 0.335 e. The van der Waals surface area contributed by atoms with Crippen molar-refractivity contribution in [3.05, 3.63) is 35.4 Å². The maximum atomic E-state index is 11.9. The minimum Gasteiger partial charge on any atom is -0.478 e. The van der Waals surface area contributed by atoms with E-state index in [2.05, 4.69) is 13.8 Å². The Balaban J connectivity index is 2.78. The van der Waals surface area contributed by atoms with Crippen LogP contribution in [-0.2, 0) is 16.1 Å². The van der Waals surface area contributed by atoms with Crippen LogP contribution in [0.25, 0.3) is 0 Å². The van der Waals surface area contributed by atoms with Gasteiger partial charge in [-0.25, -0.2) is 4.79 Å². The van der Waals surface area contributed by atoms with Crippen LogP contribution in [0.1, 0.15) is 36.2 Å². The molecule has 5 nitrogen and oxygen atoms in total. The molecule has 0 spiro atoms. The van der Waals surface area contributed by atoms with Crippen molar-refractivity contribution < 1.29 is 19.4 Å². The number of carbonyl (C=O) groups excluding carboxylic acids is 1. The van der Waals surface area contributed by atoms with Crippen LogP contribution in [0, 0.1) is 5.92 Å². The van der Waals surface area contributed by atoms with E-state index in [4.69, 9.17) is 9.84 Å². The third-order valence-corrected chi connectivity index (χ3v) is 3.33. The van der Waals surface area contributed by atoms with Crippen LogP contribution in [0.3, 0.4) is 0 Å². The molecule has 0 saturated carbocycles. The van der Waals surface area contributed by atoms with Crippen molar-refractivity contribution in [3.8, 4) is 0 Å². The number of esters is 1. The molecule has 0 fully saturated rings. The highest BCUT2D eigenvalue weighted by Gasteiger charge is 2.25. The molecule has 1 N–H and O–H groups in total. The summed E-state index contributed by atoms with van der Waals surface area (Å²) in [5.74, 6) is -0.804. The second kappa shape index (κ2) is 7.78. The normalized spacial score (nSPS) is 12.5. The molecule has 1 aromatic carbocycles. The zero-order chi connectivity index (χ0) is 16.0. The number of benzene rings is 1. The number of aromatic carboxylic acids is 1. The molecule has 1 atom stereocenters. The van der Waals surface area contributed by atoms with Gasteiger partial charge in [-0.2, -0.15) is 0 Å². The molecule has 5 heteroatoms. The molecule has 0 heterocycles. The fourth-order valence-electron chi connectivity index (χ4n) is 2.19. The van der Waals surface area contributed by atoms with Gasteiger partial charge in [-0.3, -0.25) is 9.69 Å². The summed E-state index contributed by atoms with van der Waals surface area (Å²) in [6.07, 6.45) is 0.719. The second-order valence-electron chi connectivity index (χ2n) is 5.59. The third kappa shape index (κ3) is 5.19. The van der Waals surface area contributed by atoms with E-state index in [0.29, 0.717) is 12.5 Å². The summed E-state index contributed by atoms with van der Waals surface area (Å²) in [6.45, 7) is 4.68. The standard InChI is InChI=1S/C16H23NO4/c1-11(2)9-14(16(20)21-4)17(3)10-12-5-7-13(8-6-12)15(18)19/h5-8,11,14H,9-10H2,1-4H3,(H,18,19)/t14-/m0/s1. The van der Waals surface area contributed by atoms with E-state index in [0.717, 1.165) is 12.0 Å². The average Bonchev–Trinajstić information content (AvgIpc) is 2.44. The van der Waals surface area contributed by atoms with Gasteiger partial charge in [-0.15, -0.1) is 0 Å². The maximum absolute atomic E-state index is 11.9. The Morgan fingerprint density at radius 3 is 2.24 bits per heavy atom. The third-order valence-electron chi connectivity index (χ3n) is 3.33. The molecule has 1 rings (SSSR count). The van der Waals surface area contributed by atoms with Crippen LogP contribution < -0.4 is 0 Å². The lowest BCUT2D eigenvalue weighted by Crippen LogP contribution is -2.39. The minimum absolute atomic E-state index is 0.242. The molecule has 0 amide bonds. The van der Waals surface area contributed by atoms with Crippen LogP contribution in [0.4, 0.5) is 0 Å². The zero-order valence-corrected chi connectivity index (χ0v) is 13.0. The predicted molar refractivity (Wildman–Crippen MR) is 80.1 cm³/mol. The summed E-state index contributed by atoms with van der Waals surface area (Å²) in [6, 6.07) is 6.38. The van der Waals surface area contributed by atoms with Gasteiger partial charge in [0.2, 0.25) is 0 Å². The van der Waals surface area contributed by atoms with E-state index in [9.17, 15) is 9.59 Å². The summed E-state index contributed by atoms with van der Waals surface area (Å²) in [7, 11) is 3.26. The van der Waals surface area contributed by atoms with Gasteiger partial charge in [0, 0.05) is 6.54 Å². The first-order chi connectivity index (χ1) is 9.85. The van der Waals surface area contributed by atoms with E-state index < -0.39 is 5.97 Å². The van der Waals surface area contributed by atoms with Gasteiger partial charge in [0.1, 0.15) is 6.04 Å². The molecule has 0 saturated heterocycles. The number of likely N-dealkylation sites (N-methyl/N-ethyl adjacent to an activating group) is 1. The molecule has 0 aliphatic carbocycles. The van der Waals surface area contributed by atoms with Crippen molar-refractivity contribution in [1.29, 1.82) is 0 Å². The lowest BCUT2D eigenvalue weighted by Gasteiger charge is -2.27. The molecule has 1 aromatic rings. The van der Waals surface area contributed by atoms with E-state index in [1.165, 1.54) is 7.11 Å². The van der Waals surface area contributed by atoms with E-state index in [1.54, 1.807) is 24.3 Å². The molecular formula is C16H23NO4. The first-order valence-corrected chi connectivity index (χ1v) is 6.95. The molecule has 116 valence electrons. The Bertz CT molecular complexity index is 482. The number of carboxylic acid groups (broad SMARTS) is 1. The van der Waals surface area contributed by atoms with Crippen molar-refractivity contribution in [3.63, 3.8) is 0 Å². The van der Waals surface area contributed by atoms with Crippen LogP contribution in [0.5, 0.6) is 0 Å². The summed E-state index contributed by atoms with van der Waals surface area (Å²) >= 11 is 0. The van der Waals surface area contributed by atoms with Gasteiger partial charge in [0.25, 0.3) is 0 Å². The summed E-state index contributed by atoms with van der Waals surface area (Å²) in [5.41, 5.74) is 1.22. The lowest BCUT2D eigenvalue weighted by atomic mass is 10.0. The van der Waals surface area contributed by atoms with Crippen molar-refractivity contribution >= 4 is 11.9 Å². The van der Waals surface area contributed by atoms with Crippen molar-refractivity contribution in [2.24, 2.45) is 5.92 Å². The van der Waals surface area contributed by atoms with Gasteiger partial charge >= 0.3 is 11.9 Å². The SMILES string of the molecule is COC(=O)[C@H](CC(C)C)N(C)Cc1ccc(C(=O)O)cc1. The Labute approximate surface area is 125 Å². The number of hydrogen-bond donors (Lipinski definition) is 1. The molecule has 0 unspecified atom stereocenters.